The van der Waals surface area contributed by atoms with Crippen LogP contribution in [-0.4, -0.2) is 54.6 Å². The Morgan fingerprint density at radius 2 is 1.69 bits per heavy atom. The molecule has 2 N–H and O–H groups in total. The van der Waals surface area contributed by atoms with Gasteiger partial charge in [0, 0.05) is 31.2 Å². The first-order valence-electron chi connectivity index (χ1n) is 6.61. The van der Waals surface area contributed by atoms with Gasteiger partial charge in [-0.05, 0) is 39.8 Å². The zero-order valence-corrected chi connectivity index (χ0v) is 11.6. The van der Waals surface area contributed by atoms with Gasteiger partial charge in [-0.3, -0.25) is 4.90 Å². The van der Waals surface area contributed by atoms with E-state index >= 15 is 0 Å². The van der Waals surface area contributed by atoms with Crippen molar-refractivity contribution in [3.05, 3.63) is 0 Å². The van der Waals surface area contributed by atoms with Gasteiger partial charge < -0.3 is 10.6 Å². The van der Waals surface area contributed by atoms with Crippen molar-refractivity contribution in [1.82, 2.24) is 9.80 Å². The van der Waals surface area contributed by atoms with Crippen molar-refractivity contribution in [2.24, 2.45) is 11.7 Å². The number of hydrogen-bond acceptors (Lipinski definition) is 3. The van der Waals surface area contributed by atoms with Crippen LogP contribution in [0.5, 0.6) is 0 Å². The summed E-state index contributed by atoms with van der Waals surface area (Å²) in [5.74, 6) is 0.599. The molecule has 0 radical (unpaired) electrons. The lowest BCUT2D eigenvalue weighted by atomic mass is 10.0. The molecule has 1 saturated heterocycles. The van der Waals surface area contributed by atoms with E-state index < -0.39 is 0 Å². The zero-order chi connectivity index (χ0) is 12.3. The maximum Gasteiger partial charge on any atom is 0.0195 e. The number of piperazine rings is 1. The standard InChI is InChI=1S/C13H29N3/c1-10(2)13(14)6-7-16-8-11(3)15(5)12(4)9-16/h10-13H,6-9,14H2,1-5H3. The van der Waals surface area contributed by atoms with Gasteiger partial charge in [-0.1, -0.05) is 13.8 Å². The van der Waals surface area contributed by atoms with Crippen molar-refractivity contribution in [1.29, 1.82) is 0 Å². The first-order chi connectivity index (χ1) is 7.41. The predicted octanol–water partition coefficient (Wildman–Crippen LogP) is 1.38. The fraction of sp³-hybridized carbons (Fsp3) is 1.00. The molecule has 0 bridgehead atoms. The summed E-state index contributed by atoms with van der Waals surface area (Å²) in [6, 6.07) is 1.68. The summed E-state index contributed by atoms with van der Waals surface area (Å²) in [6.07, 6.45) is 1.13. The molecule has 96 valence electrons. The Kier molecular flexibility index (Phi) is 5.22. The Balaban J connectivity index is 2.33. The van der Waals surface area contributed by atoms with Gasteiger partial charge in [-0.25, -0.2) is 0 Å². The molecular weight excluding hydrogens is 198 g/mol. The van der Waals surface area contributed by atoms with E-state index in [0.717, 1.165) is 13.0 Å². The van der Waals surface area contributed by atoms with Gasteiger partial charge in [0.1, 0.15) is 0 Å². The van der Waals surface area contributed by atoms with Crippen LogP contribution < -0.4 is 5.73 Å². The lowest BCUT2D eigenvalue weighted by Crippen LogP contribution is -2.55. The van der Waals surface area contributed by atoms with E-state index in [4.69, 9.17) is 5.73 Å². The summed E-state index contributed by atoms with van der Waals surface area (Å²) in [4.78, 5) is 5.04. The third kappa shape index (κ3) is 3.72. The highest BCUT2D eigenvalue weighted by Gasteiger charge is 2.26. The molecule has 3 atom stereocenters. The van der Waals surface area contributed by atoms with E-state index in [1.807, 2.05) is 0 Å². The molecule has 1 aliphatic rings. The number of nitrogens with two attached hydrogens (primary N) is 1. The molecule has 3 unspecified atom stereocenters. The topological polar surface area (TPSA) is 32.5 Å². The maximum atomic E-state index is 6.09. The third-order valence-corrected chi connectivity index (χ3v) is 4.07. The van der Waals surface area contributed by atoms with Crippen molar-refractivity contribution < 1.29 is 0 Å². The van der Waals surface area contributed by atoms with Crippen molar-refractivity contribution >= 4 is 0 Å². The Morgan fingerprint density at radius 3 is 2.12 bits per heavy atom. The molecule has 0 amide bonds. The number of nitrogens with zero attached hydrogens (tertiary/aromatic N) is 2. The van der Waals surface area contributed by atoms with E-state index in [0.29, 0.717) is 24.0 Å². The fourth-order valence-electron chi connectivity index (χ4n) is 2.36. The summed E-state index contributed by atoms with van der Waals surface area (Å²) in [5, 5.41) is 0. The van der Waals surface area contributed by atoms with E-state index in [2.05, 4.69) is 44.5 Å². The molecule has 0 saturated carbocycles. The Labute approximate surface area is 101 Å². The van der Waals surface area contributed by atoms with Crippen LogP contribution in [0, 0.1) is 5.92 Å². The molecule has 16 heavy (non-hydrogen) atoms. The van der Waals surface area contributed by atoms with Crippen molar-refractivity contribution in [3.63, 3.8) is 0 Å². The van der Waals surface area contributed by atoms with Crippen LogP contribution in [0.15, 0.2) is 0 Å². The number of hydrogen-bond donors (Lipinski definition) is 1. The first-order valence-corrected chi connectivity index (χ1v) is 6.61. The van der Waals surface area contributed by atoms with Crippen LogP contribution >= 0.6 is 0 Å². The van der Waals surface area contributed by atoms with Crippen molar-refractivity contribution in [3.8, 4) is 0 Å². The monoisotopic (exact) mass is 227 g/mol. The van der Waals surface area contributed by atoms with Crippen molar-refractivity contribution in [2.45, 2.75) is 52.2 Å². The molecular formula is C13H29N3. The van der Waals surface area contributed by atoms with Gasteiger partial charge in [-0.2, -0.15) is 0 Å². The van der Waals surface area contributed by atoms with Crippen LogP contribution in [0.2, 0.25) is 0 Å². The quantitative estimate of drug-likeness (QED) is 0.787. The largest absolute Gasteiger partial charge is 0.327 e. The molecule has 1 aliphatic heterocycles. The third-order valence-electron chi connectivity index (χ3n) is 4.07. The minimum atomic E-state index is 0.352. The Morgan fingerprint density at radius 1 is 1.19 bits per heavy atom. The molecule has 0 aromatic carbocycles. The second kappa shape index (κ2) is 5.99. The van der Waals surface area contributed by atoms with Crippen LogP contribution in [0.25, 0.3) is 0 Å². The van der Waals surface area contributed by atoms with Gasteiger partial charge in [-0.15, -0.1) is 0 Å². The van der Waals surface area contributed by atoms with Gasteiger partial charge >= 0.3 is 0 Å². The minimum Gasteiger partial charge on any atom is -0.327 e. The highest BCUT2D eigenvalue weighted by atomic mass is 15.3. The fourth-order valence-corrected chi connectivity index (χ4v) is 2.36. The van der Waals surface area contributed by atoms with Crippen molar-refractivity contribution in [2.75, 3.05) is 26.7 Å². The summed E-state index contributed by atoms with van der Waals surface area (Å²) >= 11 is 0. The molecule has 3 heteroatoms. The van der Waals surface area contributed by atoms with E-state index in [9.17, 15) is 0 Å². The first kappa shape index (κ1) is 13.9. The molecule has 1 heterocycles. The average Bonchev–Trinajstić information content (AvgIpc) is 2.22. The second-order valence-corrected chi connectivity index (χ2v) is 5.82. The Hall–Kier alpha value is -0.120. The molecule has 0 aromatic heterocycles. The van der Waals surface area contributed by atoms with Gasteiger partial charge in [0.05, 0.1) is 0 Å². The normalized spacial score (nSPS) is 30.9. The smallest absolute Gasteiger partial charge is 0.0195 e. The lowest BCUT2D eigenvalue weighted by molar-refractivity contribution is 0.0577. The average molecular weight is 227 g/mol. The van der Waals surface area contributed by atoms with Crippen LogP contribution in [0.1, 0.15) is 34.1 Å². The summed E-state index contributed by atoms with van der Waals surface area (Å²) in [7, 11) is 2.23. The van der Waals surface area contributed by atoms with Gasteiger partial charge in [0.25, 0.3) is 0 Å². The van der Waals surface area contributed by atoms with Crippen LogP contribution in [0.3, 0.4) is 0 Å². The van der Waals surface area contributed by atoms with E-state index in [1.165, 1.54) is 13.1 Å². The predicted molar refractivity (Wildman–Crippen MR) is 70.6 cm³/mol. The highest BCUT2D eigenvalue weighted by molar-refractivity contribution is 4.83. The minimum absolute atomic E-state index is 0.352. The lowest BCUT2D eigenvalue weighted by Gasteiger charge is -2.42. The van der Waals surface area contributed by atoms with E-state index in [1.54, 1.807) is 0 Å². The Bertz CT molecular complexity index is 193. The SMILES string of the molecule is CC(C)C(N)CCN1CC(C)N(C)C(C)C1. The molecule has 0 spiro atoms. The maximum absolute atomic E-state index is 6.09. The van der Waals surface area contributed by atoms with Gasteiger partial charge in [0.15, 0.2) is 0 Å². The summed E-state index contributed by atoms with van der Waals surface area (Å²) in [6.45, 7) is 12.6. The summed E-state index contributed by atoms with van der Waals surface area (Å²) < 4.78 is 0. The number of likely N-dealkylation sites (N-methyl/N-ethyl adjacent to an activating group) is 1. The molecule has 1 rings (SSSR count). The number of rotatable bonds is 4. The highest BCUT2D eigenvalue weighted by Crippen LogP contribution is 2.14. The molecule has 0 aliphatic carbocycles. The van der Waals surface area contributed by atoms with Crippen LogP contribution in [-0.2, 0) is 0 Å². The zero-order valence-electron chi connectivity index (χ0n) is 11.6. The van der Waals surface area contributed by atoms with E-state index in [-0.39, 0.29) is 0 Å². The second-order valence-electron chi connectivity index (χ2n) is 5.82. The van der Waals surface area contributed by atoms with Gasteiger partial charge in [0.2, 0.25) is 0 Å². The molecule has 1 fully saturated rings. The van der Waals surface area contributed by atoms with Crippen LogP contribution in [0.4, 0.5) is 0 Å². The molecule has 0 aromatic rings. The summed E-state index contributed by atoms with van der Waals surface area (Å²) in [5.41, 5.74) is 6.09. The molecule has 3 nitrogen and oxygen atoms in total.